The van der Waals surface area contributed by atoms with Crippen molar-refractivity contribution >= 4 is 29.3 Å². The van der Waals surface area contributed by atoms with E-state index in [1.807, 2.05) is 29.2 Å². The average molecular weight is 374 g/mol. The normalized spacial score (nSPS) is 16.9. The number of nitrogens with two attached hydrogens (primary N) is 1. The molecule has 0 fully saturated rings. The van der Waals surface area contributed by atoms with E-state index in [-0.39, 0.29) is 11.8 Å². The first-order valence-electron chi connectivity index (χ1n) is 9.40. The molecule has 0 aliphatic carbocycles. The largest absolute Gasteiger partial charge is 0.335 e. The standard InChI is InChI=1S/C22H22N4O2/c23-26-21(28)9-7-19-14-16(15-24-22(19)26)6-8-20(27)25-12-10-18(11-13-25)17-4-2-1-3-5-17/h1-6,8,10,14-15H,7,9,11-13,23H2/b8-6+. The van der Waals surface area contributed by atoms with Crippen LogP contribution in [0.5, 0.6) is 0 Å². The maximum Gasteiger partial charge on any atom is 0.246 e. The lowest BCUT2D eigenvalue weighted by molar-refractivity contribution is -0.125. The molecular formula is C22H22N4O2. The molecule has 0 saturated carbocycles. The first kappa shape index (κ1) is 18.1. The van der Waals surface area contributed by atoms with Crippen molar-refractivity contribution in [2.24, 2.45) is 5.84 Å². The van der Waals surface area contributed by atoms with Crippen LogP contribution in [0.15, 0.2) is 54.7 Å². The highest BCUT2D eigenvalue weighted by Crippen LogP contribution is 2.25. The van der Waals surface area contributed by atoms with Gasteiger partial charge in [-0.25, -0.2) is 15.8 Å². The molecule has 4 rings (SSSR count). The third-order valence-corrected chi connectivity index (χ3v) is 5.15. The Hall–Kier alpha value is -3.25. The molecule has 1 aromatic heterocycles. The van der Waals surface area contributed by atoms with Gasteiger partial charge in [0.25, 0.3) is 0 Å². The molecule has 0 spiro atoms. The fourth-order valence-electron chi connectivity index (χ4n) is 3.55. The van der Waals surface area contributed by atoms with E-state index in [1.54, 1.807) is 18.3 Å². The Labute approximate surface area is 163 Å². The van der Waals surface area contributed by atoms with Gasteiger partial charge in [0, 0.05) is 31.8 Å². The van der Waals surface area contributed by atoms with E-state index in [2.05, 4.69) is 23.2 Å². The molecule has 0 radical (unpaired) electrons. The van der Waals surface area contributed by atoms with Gasteiger partial charge < -0.3 is 4.90 Å². The number of hydrazine groups is 1. The van der Waals surface area contributed by atoms with Crippen molar-refractivity contribution in [3.8, 4) is 0 Å². The van der Waals surface area contributed by atoms with Crippen LogP contribution in [0.3, 0.4) is 0 Å². The molecule has 0 atom stereocenters. The number of amides is 2. The summed E-state index contributed by atoms with van der Waals surface area (Å²) < 4.78 is 0. The summed E-state index contributed by atoms with van der Waals surface area (Å²) in [6, 6.07) is 12.2. The SMILES string of the molecule is NN1C(=O)CCc2cc(/C=C/C(=O)N3CC=C(c4ccccc4)CC3)cnc21. The van der Waals surface area contributed by atoms with Crippen molar-refractivity contribution in [3.63, 3.8) is 0 Å². The quantitative estimate of drug-likeness (QED) is 0.509. The molecule has 0 unspecified atom stereocenters. The Balaban J connectivity index is 1.41. The molecule has 2 aliphatic heterocycles. The third kappa shape index (κ3) is 3.73. The summed E-state index contributed by atoms with van der Waals surface area (Å²) >= 11 is 0. The number of rotatable bonds is 3. The Kier molecular flexibility index (Phi) is 5.04. The van der Waals surface area contributed by atoms with Gasteiger partial charge in [-0.05, 0) is 47.2 Å². The van der Waals surface area contributed by atoms with Crippen LogP contribution in [-0.4, -0.2) is 34.8 Å². The van der Waals surface area contributed by atoms with Gasteiger partial charge in [0.2, 0.25) is 11.8 Å². The lowest BCUT2D eigenvalue weighted by atomic mass is 9.99. The van der Waals surface area contributed by atoms with Gasteiger partial charge in [0.1, 0.15) is 0 Å². The van der Waals surface area contributed by atoms with Gasteiger partial charge >= 0.3 is 0 Å². The minimum absolute atomic E-state index is 0.0169. The van der Waals surface area contributed by atoms with Crippen molar-refractivity contribution in [1.29, 1.82) is 0 Å². The molecule has 3 heterocycles. The summed E-state index contributed by atoms with van der Waals surface area (Å²) in [4.78, 5) is 30.3. The Bertz CT molecular complexity index is 966. The fraction of sp³-hybridized carbons (Fsp3) is 0.227. The third-order valence-electron chi connectivity index (χ3n) is 5.15. The molecular weight excluding hydrogens is 352 g/mol. The maximum atomic E-state index is 12.5. The molecule has 0 bridgehead atoms. The van der Waals surface area contributed by atoms with Crippen molar-refractivity contribution < 1.29 is 9.59 Å². The molecule has 2 amide bonds. The van der Waals surface area contributed by atoms with E-state index in [9.17, 15) is 9.59 Å². The van der Waals surface area contributed by atoms with Crippen molar-refractivity contribution in [2.75, 3.05) is 18.1 Å². The number of carbonyl (C=O) groups is 2. The minimum Gasteiger partial charge on any atom is -0.335 e. The van der Waals surface area contributed by atoms with Crippen LogP contribution < -0.4 is 10.9 Å². The number of fused-ring (bicyclic) bond motifs is 1. The van der Waals surface area contributed by atoms with Gasteiger partial charge in [-0.2, -0.15) is 0 Å². The van der Waals surface area contributed by atoms with Crippen LogP contribution in [0.1, 0.15) is 29.5 Å². The van der Waals surface area contributed by atoms with Gasteiger partial charge in [0.15, 0.2) is 5.82 Å². The number of aromatic nitrogens is 1. The topological polar surface area (TPSA) is 79.5 Å². The number of anilines is 1. The van der Waals surface area contributed by atoms with Crippen LogP contribution in [-0.2, 0) is 16.0 Å². The highest BCUT2D eigenvalue weighted by molar-refractivity contribution is 5.95. The van der Waals surface area contributed by atoms with Gasteiger partial charge in [-0.3, -0.25) is 9.59 Å². The van der Waals surface area contributed by atoms with Gasteiger partial charge in [-0.15, -0.1) is 0 Å². The van der Waals surface area contributed by atoms with Crippen molar-refractivity contribution in [2.45, 2.75) is 19.3 Å². The monoisotopic (exact) mass is 374 g/mol. The molecule has 6 heteroatoms. The molecule has 6 nitrogen and oxygen atoms in total. The van der Waals surface area contributed by atoms with E-state index in [0.29, 0.717) is 31.7 Å². The molecule has 0 saturated heterocycles. The van der Waals surface area contributed by atoms with Crippen LogP contribution in [0.25, 0.3) is 11.6 Å². The molecule has 28 heavy (non-hydrogen) atoms. The summed E-state index contributed by atoms with van der Waals surface area (Å²) in [5.74, 6) is 6.09. The number of hydrogen-bond donors (Lipinski definition) is 1. The molecule has 142 valence electrons. The van der Waals surface area contributed by atoms with E-state index in [1.165, 1.54) is 11.1 Å². The van der Waals surface area contributed by atoms with E-state index < -0.39 is 0 Å². The Morgan fingerprint density at radius 1 is 1.14 bits per heavy atom. The molecule has 2 aliphatic rings. The van der Waals surface area contributed by atoms with Crippen LogP contribution in [0, 0.1) is 0 Å². The number of pyridine rings is 1. The number of carbonyl (C=O) groups excluding carboxylic acids is 2. The summed E-state index contributed by atoms with van der Waals surface area (Å²) in [6.45, 7) is 1.32. The van der Waals surface area contributed by atoms with Crippen LogP contribution >= 0.6 is 0 Å². The molecule has 2 N–H and O–H groups in total. The summed E-state index contributed by atoms with van der Waals surface area (Å²) in [7, 11) is 0. The smallest absolute Gasteiger partial charge is 0.246 e. The zero-order valence-electron chi connectivity index (χ0n) is 15.5. The zero-order valence-corrected chi connectivity index (χ0v) is 15.5. The number of hydrogen-bond acceptors (Lipinski definition) is 4. The van der Waals surface area contributed by atoms with Gasteiger partial charge in [-0.1, -0.05) is 36.4 Å². The molecule has 2 aromatic rings. The van der Waals surface area contributed by atoms with E-state index in [0.717, 1.165) is 22.6 Å². The Morgan fingerprint density at radius 3 is 2.71 bits per heavy atom. The maximum absolute atomic E-state index is 12.5. The average Bonchev–Trinajstić information content (AvgIpc) is 2.75. The second kappa shape index (κ2) is 7.78. The molecule has 1 aromatic carbocycles. The number of aryl methyl sites for hydroxylation is 1. The second-order valence-corrected chi connectivity index (χ2v) is 6.98. The lowest BCUT2D eigenvalue weighted by Crippen LogP contribution is -2.41. The number of nitrogens with zero attached hydrogens (tertiary/aromatic N) is 3. The minimum atomic E-state index is -0.133. The van der Waals surface area contributed by atoms with E-state index in [4.69, 9.17) is 5.84 Å². The van der Waals surface area contributed by atoms with Crippen LogP contribution in [0.4, 0.5) is 5.82 Å². The Morgan fingerprint density at radius 2 is 1.96 bits per heavy atom. The summed E-state index contributed by atoms with van der Waals surface area (Å²) in [6.07, 6.45) is 8.94. The fourth-order valence-corrected chi connectivity index (χ4v) is 3.55. The number of benzene rings is 1. The first-order valence-corrected chi connectivity index (χ1v) is 9.40. The highest BCUT2D eigenvalue weighted by atomic mass is 16.2. The summed E-state index contributed by atoms with van der Waals surface area (Å²) in [5.41, 5.74) is 4.25. The predicted octanol–water partition coefficient (Wildman–Crippen LogP) is 2.56. The zero-order chi connectivity index (χ0) is 19.5. The second-order valence-electron chi connectivity index (χ2n) is 6.98. The predicted molar refractivity (Wildman–Crippen MR) is 109 cm³/mol. The highest BCUT2D eigenvalue weighted by Gasteiger charge is 2.23. The van der Waals surface area contributed by atoms with E-state index >= 15 is 0 Å². The van der Waals surface area contributed by atoms with Crippen LogP contribution in [0.2, 0.25) is 0 Å². The van der Waals surface area contributed by atoms with Gasteiger partial charge in [0.05, 0.1) is 0 Å². The van der Waals surface area contributed by atoms with Crippen molar-refractivity contribution in [3.05, 3.63) is 71.4 Å². The first-order chi connectivity index (χ1) is 13.6. The summed E-state index contributed by atoms with van der Waals surface area (Å²) in [5, 5.41) is 1.10. The van der Waals surface area contributed by atoms with Crippen molar-refractivity contribution in [1.82, 2.24) is 9.88 Å². The lowest BCUT2D eigenvalue weighted by Gasteiger charge is -2.25.